The summed E-state index contributed by atoms with van der Waals surface area (Å²) < 4.78 is 36.5. The molecule has 0 saturated carbocycles. The van der Waals surface area contributed by atoms with Crippen LogP contribution in [0.3, 0.4) is 0 Å². The highest BCUT2D eigenvalue weighted by Gasteiger charge is 2.31. The second-order valence-electron chi connectivity index (χ2n) is 10.8. The van der Waals surface area contributed by atoms with Crippen molar-refractivity contribution in [1.29, 1.82) is 5.26 Å². The molecule has 2 aromatic heterocycles. The monoisotopic (exact) mass is 589 g/mol. The number of aromatic nitrogens is 2. The van der Waals surface area contributed by atoms with Gasteiger partial charge in [0.15, 0.2) is 11.5 Å². The molecule has 11 heteroatoms. The average Bonchev–Trinajstić information content (AvgIpc) is 2.97. The van der Waals surface area contributed by atoms with E-state index in [0.29, 0.717) is 31.6 Å². The number of rotatable bonds is 4. The zero-order valence-corrected chi connectivity index (χ0v) is 23.9. The van der Waals surface area contributed by atoms with Crippen LogP contribution in [-0.2, 0) is 9.53 Å². The molecular weight excluding hydrogens is 564 g/mol. The maximum Gasteiger partial charge on any atom is 0.358 e. The summed E-state index contributed by atoms with van der Waals surface area (Å²) in [4.78, 5) is 37.6. The first-order valence-electron chi connectivity index (χ1n) is 13.1. The van der Waals surface area contributed by atoms with Crippen molar-refractivity contribution in [2.75, 3.05) is 31.1 Å². The number of carbonyl (C=O) groups excluding carboxylic acids is 2. The Kier molecular flexibility index (Phi) is 7.56. The molecule has 1 amide bonds. The van der Waals surface area contributed by atoms with Crippen molar-refractivity contribution >= 4 is 50.8 Å². The van der Waals surface area contributed by atoms with Crippen LogP contribution in [0.1, 0.15) is 36.8 Å². The molecule has 8 nitrogen and oxygen atoms in total. The summed E-state index contributed by atoms with van der Waals surface area (Å²) in [6.07, 6.45) is 2.61. The summed E-state index contributed by atoms with van der Waals surface area (Å²) in [5.41, 5.74) is -1.23. The molecule has 214 valence electrons. The molecule has 1 aliphatic rings. The molecule has 0 bridgehead atoms. The second kappa shape index (κ2) is 11.0. The Labute approximate surface area is 245 Å². The molecular formula is C31H26ClF2N5O3. The van der Waals surface area contributed by atoms with E-state index in [2.05, 4.69) is 22.6 Å². The lowest BCUT2D eigenvalue weighted by atomic mass is 9.99. The summed E-state index contributed by atoms with van der Waals surface area (Å²) in [5.74, 6) is -2.67. The highest BCUT2D eigenvalue weighted by Crippen LogP contribution is 2.39. The molecule has 42 heavy (non-hydrogen) atoms. The number of hydrogen-bond acceptors (Lipinski definition) is 7. The van der Waals surface area contributed by atoms with E-state index in [1.807, 2.05) is 0 Å². The third kappa shape index (κ3) is 5.12. The molecule has 0 N–H and O–H groups in total. The van der Waals surface area contributed by atoms with Gasteiger partial charge in [-0.15, -0.1) is 0 Å². The number of carbonyl (C=O) groups is 2. The van der Waals surface area contributed by atoms with Gasteiger partial charge in [-0.3, -0.25) is 9.78 Å². The first kappa shape index (κ1) is 28.9. The van der Waals surface area contributed by atoms with Gasteiger partial charge in [0.2, 0.25) is 5.91 Å². The highest BCUT2D eigenvalue weighted by molar-refractivity contribution is 6.36. The smallest absolute Gasteiger partial charge is 0.358 e. The number of anilines is 1. The second-order valence-corrected chi connectivity index (χ2v) is 11.1. The van der Waals surface area contributed by atoms with Crippen molar-refractivity contribution in [2.45, 2.75) is 26.4 Å². The minimum Gasteiger partial charge on any atom is -0.455 e. The van der Waals surface area contributed by atoms with Crippen LogP contribution in [0, 0.1) is 23.0 Å². The van der Waals surface area contributed by atoms with Gasteiger partial charge in [0.1, 0.15) is 34.3 Å². The quantitative estimate of drug-likeness (QED) is 0.211. The zero-order chi connectivity index (χ0) is 30.3. The Bertz CT molecular complexity index is 1820. The van der Waals surface area contributed by atoms with Crippen LogP contribution >= 0.6 is 11.6 Å². The van der Waals surface area contributed by atoms with E-state index in [9.17, 15) is 19.2 Å². The molecule has 0 atom stereocenters. The Morgan fingerprint density at radius 2 is 1.86 bits per heavy atom. The number of benzene rings is 2. The van der Waals surface area contributed by atoms with E-state index in [4.69, 9.17) is 16.3 Å². The lowest BCUT2D eigenvalue weighted by molar-refractivity contribution is -0.126. The SMILES string of the molecule is C=CC(=O)N1CCN(c2c(C#N)c(C(=O)OC(C)(C)C)nc3c(F)c(-c4cccc5ccc(F)c(Cl)c45)ncc23)CC1. The lowest BCUT2D eigenvalue weighted by Gasteiger charge is -2.36. The fourth-order valence-electron chi connectivity index (χ4n) is 5.06. The third-order valence-electron chi connectivity index (χ3n) is 6.92. The van der Waals surface area contributed by atoms with Crippen LogP contribution < -0.4 is 4.90 Å². The largest absolute Gasteiger partial charge is 0.455 e. The van der Waals surface area contributed by atoms with Gasteiger partial charge in [0.05, 0.1) is 10.7 Å². The molecule has 1 fully saturated rings. The highest BCUT2D eigenvalue weighted by atomic mass is 35.5. The fourth-order valence-corrected chi connectivity index (χ4v) is 5.33. The number of halogens is 3. The van der Waals surface area contributed by atoms with Gasteiger partial charge >= 0.3 is 5.97 Å². The van der Waals surface area contributed by atoms with E-state index < -0.39 is 23.2 Å². The average molecular weight is 590 g/mol. The summed E-state index contributed by atoms with van der Waals surface area (Å²) in [6, 6.07) is 9.78. The predicted molar refractivity (Wildman–Crippen MR) is 156 cm³/mol. The number of hydrogen-bond donors (Lipinski definition) is 0. The van der Waals surface area contributed by atoms with Gasteiger partial charge in [-0.1, -0.05) is 42.4 Å². The van der Waals surface area contributed by atoms with Crippen molar-refractivity contribution in [3.8, 4) is 17.3 Å². The standard InChI is InChI=1S/C31H26ClF2N5O3/c1-5-22(40)38-11-13-39(14-12-38)29-19(15-35)28(30(41)42-31(2,3)4)37-27-20(29)16-36-26(25(27)34)18-8-6-7-17-9-10-21(33)24(32)23(17)18/h5-10,16H,1,11-14H2,2-4H3. The predicted octanol–water partition coefficient (Wildman–Crippen LogP) is 6.04. The number of piperazine rings is 1. The number of pyridine rings is 2. The number of nitriles is 1. The Morgan fingerprint density at radius 1 is 1.14 bits per heavy atom. The summed E-state index contributed by atoms with van der Waals surface area (Å²) >= 11 is 6.31. The van der Waals surface area contributed by atoms with E-state index in [1.165, 1.54) is 24.4 Å². The minimum absolute atomic E-state index is 0.0931. The molecule has 0 aliphatic carbocycles. The summed E-state index contributed by atoms with van der Waals surface area (Å²) in [6.45, 7) is 9.75. The Hall–Kier alpha value is -4.62. The Morgan fingerprint density at radius 3 is 2.50 bits per heavy atom. The maximum absolute atomic E-state index is 16.5. The molecule has 1 saturated heterocycles. The van der Waals surface area contributed by atoms with Gasteiger partial charge in [-0.2, -0.15) is 5.26 Å². The molecule has 1 aliphatic heterocycles. The van der Waals surface area contributed by atoms with Gasteiger partial charge in [0.25, 0.3) is 0 Å². The van der Waals surface area contributed by atoms with Gasteiger partial charge in [0, 0.05) is 48.7 Å². The first-order valence-corrected chi connectivity index (χ1v) is 13.5. The van der Waals surface area contributed by atoms with Crippen molar-refractivity contribution in [3.63, 3.8) is 0 Å². The van der Waals surface area contributed by atoms with Crippen molar-refractivity contribution < 1.29 is 23.1 Å². The number of ether oxygens (including phenoxy) is 1. The summed E-state index contributed by atoms with van der Waals surface area (Å²) in [7, 11) is 0. The first-order chi connectivity index (χ1) is 19.9. The molecule has 2 aromatic carbocycles. The van der Waals surface area contributed by atoms with Crippen LogP contribution in [0.4, 0.5) is 14.5 Å². The van der Waals surface area contributed by atoms with E-state index in [0.717, 1.165) is 0 Å². The van der Waals surface area contributed by atoms with E-state index in [-0.39, 0.29) is 55.4 Å². The van der Waals surface area contributed by atoms with Gasteiger partial charge in [-0.25, -0.2) is 18.6 Å². The number of nitrogens with zero attached hydrogens (tertiary/aromatic N) is 5. The molecule has 4 aromatic rings. The van der Waals surface area contributed by atoms with Crippen LogP contribution in [0.5, 0.6) is 0 Å². The van der Waals surface area contributed by atoms with Crippen LogP contribution in [0.2, 0.25) is 5.02 Å². The topological polar surface area (TPSA) is 99.4 Å². The third-order valence-corrected chi connectivity index (χ3v) is 7.29. The van der Waals surface area contributed by atoms with Gasteiger partial charge in [-0.05, 0) is 38.3 Å². The lowest BCUT2D eigenvalue weighted by Crippen LogP contribution is -2.48. The number of amides is 1. The summed E-state index contributed by atoms with van der Waals surface area (Å²) in [5, 5.41) is 11.1. The molecule has 3 heterocycles. The van der Waals surface area contributed by atoms with Gasteiger partial charge < -0.3 is 14.5 Å². The van der Waals surface area contributed by atoms with Crippen LogP contribution in [-0.4, -0.2) is 58.5 Å². The molecule has 0 radical (unpaired) electrons. The van der Waals surface area contributed by atoms with E-state index in [1.54, 1.807) is 48.8 Å². The van der Waals surface area contributed by atoms with Crippen LogP contribution in [0.25, 0.3) is 32.9 Å². The molecule has 0 unspecified atom stereocenters. The van der Waals surface area contributed by atoms with Crippen LogP contribution in [0.15, 0.2) is 49.2 Å². The van der Waals surface area contributed by atoms with E-state index >= 15 is 4.39 Å². The minimum atomic E-state index is -0.914. The van der Waals surface area contributed by atoms with Crippen molar-refractivity contribution in [3.05, 3.63) is 77.1 Å². The van der Waals surface area contributed by atoms with Crippen molar-refractivity contribution in [2.24, 2.45) is 0 Å². The number of esters is 1. The fraction of sp³-hybridized carbons (Fsp3) is 0.258. The normalized spacial score (nSPS) is 13.7. The zero-order valence-electron chi connectivity index (χ0n) is 23.2. The maximum atomic E-state index is 16.5. The number of fused-ring (bicyclic) bond motifs is 2. The Balaban J connectivity index is 1.76. The molecule has 5 rings (SSSR count). The van der Waals surface area contributed by atoms with Crippen molar-refractivity contribution in [1.82, 2.24) is 14.9 Å². The molecule has 0 spiro atoms.